The van der Waals surface area contributed by atoms with Crippen LogP contribution in [0.5, 0.6) is 0 Å². The molecule has 0 aromatic heterocycles. The van der Waals surface area contributed by atoms with Crippen molar-refractivity contribution in [2.24, 2.45) is 41.4 Å². The van der Waals surface area contributed by atoms with E-state index >= 15 is 0 Å². The maximum atomic E-state index is 14.5. The fourth-order valence-electron chi connectivity index (χ4n) is 9.10. The predicted molar refractivity (Wildman–Crippen MR) is 168 cm³/mol. The second-order valence-corrected chi connectivity index (χ2v) is 13.3. The number of hydrogen-bond donors (Lipinski definition) is 0. The third kappa shape index (κ3) is 3.54. The number of allylic oxidation sites excluding steroid dienone is 4. The minimum atomic E-state index is -0.581. The first kappa shape index (κ1) is 27.0. The van der Waals surface area contributed by atoms with Crippen LogP contribution in [0.1, 0.15) is 34.2 Å². The molecule has 0 N–H and O–H groups in total. The summed E-state index contributed by atoms with van der Waals surface area (Å²) >= 11 is 0. The topological polar surface area (TPSA) is 74.8 Å². The van der Waals surface area contributed by atoms with Gasteiger partial charge in [0, 0.05) is 11.8 Å². The molecule has 2 bridgehead atoms. The number of nitrogens with zero attached hydrogens (tertiary/aromatic N) is 2. The van der Waals surface area contributed by atoms with E-state index in [0.717, 1.165) is 39.0 Å². The first-order chi connectivity index (χ1) is 21.2. The van der Waals surface area contributed by atoms with Crippen molar-refractivity contribution in [3.63, 3.8) is 0 Å². The Kier molecular flexibility index (Phi) is 5.80. The molecule has 2 saturated heterocycles. The van der Waals surface area contributed by atoms with Crippen LogP contribution in [0.3, 0.4) is 0 Å². The van der Waals surface area contributed by atoms with E-state index in [-0.39, 0.29) is 41.4 Å². The van der Waals surface area contributed by atoms with E-state index in [1.807, 2.05) is 82.3 Å². The van der Waals surface area contributed by atoms with E-state index in [4.69, 9.17) is 0 Å². The minimum Gasteiger partial charge on any atom is -0.274 e. The zero-order chi connectivity index (χ0) is 30.6. The Morgan fingerprint density at radius 2 is 1.16 bits per heavy atom. The van der Waals surface area contributed by atoms with Gasteiger partial charge in [-0.05, 0) is 74.4 Å². The van der Waals surface area contributed by atoms with Crippen molar-refractivity contribution in [2.75, 3.05) is 9.80 Å². The van der Waals surface area contributed by atoms with E-state index in [1.165, 1.54) is 9.80 Å². The number of aryl methyl sites for hydroxylation is 4. The Morgan fingerprint density at radius 1 is 0.591 bits per heavy atom. The van der Waals surface area contributed by atoms with Gasteiger partial charge >= 0.3 is 0 Å². The zero-order valence-corrected chi connectivity index (χ0v) is 25.3. The van der Waals surface area contributed by atoms with Gasteiger partial charge < -0.3 is 0 Å². The van der Waals surface area contributed by atoms with Crippen LogP contribution >= 0.6 is 0 Å². The number of imide groups is 2. The largest absolute Gasteiger partial charge is 0.274 e. The summed E-state index contributed by atoms with van der Waals surface area (Å²) in [4.78, 5) is 60.0. The molecule has 3 aromatic rings. The molecule has 6 nitrogen and oxygen atoms in total. The second kappa shape index (κ2) is 9.46. The molecule has 3 aromatic carbocycles. The number of anilines is 2. The van der Waals surface area contributed by atoms with Crippen LogP contribution in [0.4, 0.5) is 11.4 Å². The zero-order valence-electron chi connectivity index (χ0n) is 25.3. The van der Waals surface area contributed by atoms with Crippen LogP contribution in [0.2, 0.25) is 0 Å². The molecule has 220 valence electrons. The molecule has 6 aliphatic rings. The van der Waals surface area contributed by atoms with E-state index in [0.29, 0.717) is 17.8 Å². The van der Waals surface area contributed by atoms with E-state index in [1.54, 1.807) is 0 Å². The molecule has 0 unspecified atom stereocenters. The third-order valence-electron chi connectivity index (χ3n) is 10.8. The summed E-state index contributed by atoms with van der Waals surface area (Å²) in [5.74, 6) is -3.93. The lowest BCUT2D eigenvalue weighted by Gasteiger charge is -2.51. The van der Waals surface area contributed by atoms with Gasteiger partial charge in [-0.1, -0.05) is 83.4 Å². The predicted octanol–water partition coefficient (Wildman–Crippen LogP) is 6.12. The summed E-state index contributed by atoms with van der Waals surface area (Å²) in [7, 11) is 0. The van der Waals surface area contributed by atoms with Gasteiger partial charge in [-0.3, -0.25) is 19.2 Å². The van der Waals surface area contributed by atoms with Gasteiger partial charge in [0.15, 0.2) is 0 Å². The molecule has 6 heteroatoms. The second-order valence-electron chi connectivity index (χ2n) is 13.3. The number of benzene rings is 3. The molecule has 2 heterocycles. The average Bonchev–Trinajstić information content (AvgIpc) is 3.43. The Balaban J connectivity index is 1.29. The van der Waals surface area contributed by atoms with Crippen LogP contribution in [0.15, 0.2) is 84.5 Å². The fourth-order valence-corrected chi connectivity index (χ4v) is 9.10. The van der Waals surface area contributed by atoms with E-state index < -0.39 is 23.7 Å². The molecule has 0 spiro atoms. The smallest absolute Gasteiger partial charge is 0.238 e. The van der Waals surface area contributed by atoms with Crippen LogP contribution in [-0.2, 0) is 19.2 Å². The highest BCUT2D eigenvalue weighted by atomic mass is 16.2. The number of amides is 4. The SMILES string of the molecule is Cc1ccc(N2C(=O)[C@@H]3[C@H]4C=C[C@H](C5=C(c6ccccc6)C[C@@H]6C(=O)N(c7ccc(C)cc7C)C(=O)[C@H]6[C@H]54)[C@H]3C2=O)c(C)c1. The highest BCUT2D eigenvalue weighted by molar-refractivity contribution is 6.25. The Morgan fingerprint density at radius 3 is 1.77 bits per heavy atom. The van der Waals surface area contributed by atoms with Crippen molar-refractivity contribution in [1.82, 2.24) is 0 Å². The fraction of sp³-hybridized carbons (Fsp3) is 0.316. The highest BCUT2D eigenvalue weighted by Gasteiger charge is 2.67. The van der Waals surface area contributed by atoms with Gasteiger partial charge in [-0.15, -0.1) is 0 Å². The quantitative estimate of drug-likeness (QED) is 0.276. The lowest BCUT2D eigenvalue weighted by Crippen LogP contribution is -2.51. The maximum Gasteiger partial charge on any atom is 0.238 e. The van der Waals surface area contributed by atoms with Crippen molar-refractivity contribution >= 4 is 40.6 Å². The maximum absolute atomic E-state index is 14.5. The molecule has 0 radical (unpaired) electrons. The molecule has 1 saturated carbocycles. The molecule has 7 atom stereocenters. The summed E-state index contributed by atoms with van der Waals surface area (Å²) in [5.41, 5.74) is 8.28. The van der Waals surface area contributed by atoms with Crippen LogP contribution in [0, 0.1) is 69.1 Å². The minimum absolute atomic E-state index is 0.169. The van der Waals surface area contributed by atoms with Crippen LogP contribution in [0.25, 0.3) is 5.57 Å². The van der Waals surface area contributed by atoms with E-state index in [9.17, 15) is 19.2 Å². The lowest BCUT2D eigenvalue weighted by molar-refractivity contribution is -0.129. The summed E-state index contributed by atoms with van der Waals surface area (Å²) < 4.78 is 0. The molecule has 2 aliphatic heterocycles. The summed E-state index contributed by atoms with van der Waals surface area (Å²) in [6.07, 6.45) is 4.60. The Bertz CT molecular complexity index is 1870. The van der Waals surface area contributed by atoms with Crippen molar-refractivity contribution < 1.29 is 19.2 Å². The van der Waals surface area contributed by atoms with Crippen LogP contribution in [-0.4, -0.2) is 23.6 Å². The van der Waals surface area contributed by atoms with Crippen molar-refractivity contribution in [2.45, 2.75) is 34.1 Å². The number of hydrogen-bond acceptors (Lipinski definition) is 4. The lowest BCUT2D eigenvalue weighted by atomic mass is 9.49. The molecular weight excluding hydrogens is 548 g/mol. The molecule has 4 amide bonds. The van der Waals surface area contributed by atoms with Crippen LogP contribution < -0.4 is 9.80 Å². The Labute approximate surface area is 257 Å². The van der Waals surface area contributed by atoms with Crippen molar-refractivity contribution in [1.29, 1.82) is 0 Å². The van der Waals surface area contributed by atoms with Gasteiger partial charge in [0.25, 0.3) is 0 Å². The third-order valence-corrected chi connectivity index (χ3v) is 10.8. The number of fused-ring (bicyclic) bond motifs is 1. The van der Waals surface area contributed by atoms with Crippen molar-refractivity contribution in [3.05, 3.63) is 112 Å². The van der Waals surface area contributed by atoms with Gasteiger partial charge in [0.2, 0.25) is 23.6 Å². The van der Waals surface area contributed by atoms with E-state index in [2.05, 4.69) is 24.3 Å². The molecule has 9 rings (SSSR count). The summed E-state index contributed by atoms with van der Waals surface area (Å²) in [6, 6.07) is 21.6. The number of carbonyl (C=O) groups excluding carboxylic acids is 4. The average molecular weight is 583 g/mol. The van der Waals surface area contributed by atoms with Gasteiger partial charge in [0.05, 0.1) is 35.0 Å². The standard InChI is InChI=1S/C38H34N2O4/c1-19-10-14-28(21(3)16-19)39-35(41)27-18-26(23-8-6-5-7-9-23)30-24-12-13-25(31(30)34(27)38(39)44)33-32(24)36(42)40(37(33)43)29-15-11-20(2)17-22(29)4/h5-17,24-25,27,31-34H,18H2,1-4H3/t24-,25+,27+,31+,32-,33-,34-/m1/s1. The van der Waals surface area contributed by atoms with Gasteiger partial charge in [-0.25, -0.2) is 9.80 Å². The number of carbonyl (C=O) groups is 4. The molecule has 4 aliphatic carbocycles. The summed E-state index contributed by atoms with van der Waals surface area (Å²) in [5, 5.41) is 0. The summed E-state index contributed by atoms with van der Waals surface area (Å²) in [6.45, 7) is 7.86. The van der Waals surface area contributed by atoms with Crippen molar-refractivity contribution in [3.8, 4) is 0 Å². The first-order valence-corrected chi connectivity index (χ1v) is 15.5. The Hall–Kier alpha value is -4.58. The molecule has 44 heavy (non-hydrogen) atoms. The first-order valence-electron chi connectivity index (χ1n) is 15.5. The van der Waals surface area contributed by atoms with Gasteiger partial charge in [-0.2, -0.15) is 0 Å². The molecule has 3 fully saturated rings. The highest BCUT2D eigenvalue weighted by Crippen LogP contribution is 2.63. The normalized spacial score (nSPS) is 30.3. The van der Waals surface area contributed by atoms with Gasteiger partial charge in [0.1, 0.15) is 0 Å². The monoisotopic (exact) mass is 582 g/mol. The molecular formula is C38H34N2O4. The number of rotatable bonds is 3.